The minimum atomic E-state index is 0.167. The molecule has 0 saturated carbocycles. The Kier molecular flexibility index (Phi) is 5.51. The molecule has 0 bridgehead atoms. The molecule has 3 unspecified atom stereocenters. The molecule has 0 saturated heterocycles. The highest BCUT2D eigenvalue weighted by atomic mass is 16.5. The summed E-state index contributed by atoms with van der Waals surface area (Å²) >= 11 is 0. The molecule has 0 aromatic heterocycles. The normalized spacial score (nSPS) is 19.2. The van der Waals surface area contributed by atoms with Crippen molar-refractivity contribution < 1.29 is 4.74 Å². The lowest BCUT2D eigenvalue weighted by atomic mass is 9.89. The number of nitrogens with two attached hydrogens (primary N) is 1. The van der Waals surface area contributed by atoms with Crippen molar-refractivity contribution in [3.63, 3.8) is 0 Å². The van der Waals surface area contributed by atoms with Crippen LogP contribution in [0.4, 0.5) is 0 Å². The third kappa shape index (κ3) is 3.11. The van der Waals surface area contributed by atoms with Gasteiger partial charge in [0.25, 0.3) is 0 Å². The fraction of sp³-hybridized carbons (Fsp3) is 1.00. The average molecular weight is 173 g/mol. The summed E-state index contributed by atoms with van der Waals surface area (Å²) in [6.45, 7) is 8.64. The van der Waals surface area contributed by atoms with Gasteiger partial charge in [-0.2, -0.15) is 0 Å². The topological polar surface area (TPSA) is 35.2 Å². The van der Waals surface area contributed by atoms with Crippen molar-refractivity contribution in [3.05, 3.63) is 0 Å². The minimum absolute atomic E-state index is 0.167. The Morgan fingerprint density at radius 3 is 2.00 bits per heavy atom. The van der Waals surface area contributed by atoms with Gasteiger partial charge in [-0.05, 0) is 11.8 Å². The maximum absolute atomic E-state index is 6.06. The molecule has 2 nitrogen and oxygen atoms in total. The Hall–Kier alpha value is -0.0800. The van der Waals surface area contributed by atoms with Gasteiger partial charge in [0.1, 0.15) is 0 Å². The van der Waals surface area contributed by atoms with Crippen LogP contribution < -0.4 is 5.73 Å². The zero-order valence-electron chi connectivity index (χ0n) is 9.00. The van der Waals surface area contributed by atoms with Gasteiger partial charge in [0.2, 0.25) is 0 Å². The van der Waals surface area contributed by atoms with E-state index in [-0.39, 0.29) is 12.1 Å². The van der Waals surface area contributed by atoms with Crippen LogP contribution in [0.3, 0.4) is 0 Å². The second kappa shape index (κ2) is 5.55. The quantitative estimate of drug-likeness (QED) is 0.690. The molecule has 0 radical (unpaired) electrons. The van der Waals surface area contributed by atoms with E-state index in [0.29, 0.717) is 11.8 Å². The lowest BCUT2D eigenvalue weighted by Crippen LogP contribution is -2.44. The molecule has 0 heterocycles. The smallest absolute Gasteiger partial charge is 0.0747 e. The maximum atomic E-state index is 6.06. The zero-order chi connectivity index (χ0) is 9.72. The van der Waals surface area contributed by atoms with Crippen LogP contribution in [0.2, 0.25) is 0 Å². The van der Waals surface area contributed by atoms with Crippen LogP contribution in [-0.2, 0) is 4.74 Å². The maximum Gasteiger partial charge on any atom is 0.0747 e. The first-order valence-electron chi connectivity index (χ1n) is 4.82. The number of methoxy groups -OCH3 is 1. The lowest BCUT2D eigenvalue weighted by molar-refractivity contribution is 0.0292. The Morgan fingerprint density at radius 1 is 1.25 bits per heavy atom. The molecule has 2 heteroatoms. The van der Waals surface area contributed by atoms with Crippen molar-refractivity contribution in [2.24, 2.45) is 17.6 Å². The molecular formula is C10H23NO. The molecule has 0 aromatic rings. The molecule has 0 aliphatic rings. The summed E-state index contributed by atoms with van der Waals surface area (Å²) in [5.74, 6) is 1.04. The summed E-state index contributed by atoms with van der Waals surface area (Å²) in [4.78, 5) is 0. The molecular weight excluding hydrogens is 150 g/mol. The van der Waals surface area contributed by atoms with Crippen molar-refractivity contribution in [3.8, 4) is 0 Å². The van der Waals surface area contributed by atoms with E-state index < -0.39 is 0 Å². The molecule has 12 heavy (non-hydrogen) atoms. The summed E-state index contributed by atoms with van der Waals surface area (Å²) in [7, 11) is 1.74. The van der Waals surface area contributed by atoms with Crippen LogP contribution in [0.5, 0.6) is 0 Å². The van der Waals surface area contributed by atoms with Gasteiger partial charge in [-0.15, -0.1) is 0 Å². The Bertz CT molecular complexity index is 114. The average Bonchev–Trinajstić information content (AvgIpc) is 2.03. The van der Waals surface area contributed by atoms with Crippen molar-refractivity contribution in [2.75, 3.05) is 7.11 Å². The second-order valence-electron chi connectivity index (χ2n) is 3.91. The van der Waals surface area contributed by atoms with Gasteiger partial charge in [0, 0.05) is 13.2 Å². The first-order chi connectivity index (χ1) is 5.54. The number of ether oxygens (including phenoxy) is 1. The molecule has 0 aliphatic carbocycles. The Morgan fingerprint density at radius 2 is 1.75 bits per heavy atom. The van der Waals surface area contributed by atoms with Gasteiger partial charge in [0.15, 0.2) is 0 Å². The SMILES string of the molecule is CCC(C)C(N)C(OC)C(C)C. The predicted molar refractivity (Wildman–Crippen MR) is 53.1 cm³/mol. The van der Waals surface area contributed by atoms with E-state index in [1.807, 2.05) is 0 Å². The summed E-state index contributed by atoms with van der Waals surface area (Å²) in [6, 6.07) is 0.167. The van der Waals surface area contributed by atoms with Crippen molar-refractivity contribution in [2.45, 2.75) is 46.3 Å². The Labute approximate surface area is 76.5 Å². The second-order valence-corrected chi connectivity index (χ2v) is 3.91. The third-order valence-electron chi connectivity index (χ3n) is 2.61. The van der Waals surface area contributed by atoms with Crippen LogP contribution in [0, 0.1) is 11.8 Å². The van der Waals surface area contributed by atoms with E-state index >= 15 is 0 Å². The van der Waals surface area contributed by atoms with Crippen LogP contribution in [0.1, 0.15) is 34.1 Å². The van der Waals surface area contributed by atoms with Gasteiger partial charge in [-0.1, -0.05) is 34.1 Å². The molecule has 0 rings (SSSR count). The molecule has 74 valence electrons. The standard InChI is InChI=1S/C10H23NO/c1-6-8(4)9(11)10(12-5)7(2)3/h7-10H,6,11H2,1-5H3. The molecule has 0 aliphatic heterocycles. The highest BCUT2D eigenvalue weighted by Gasteiger charge is 2.24. The first-order valence-corrected chi connectivity index (χ1v) is 4.82. The summed E-state index contributed by atoms with van der Waals surface area (Å²) in [5.41, 5.74) is 6.06. The predicted octanol–water partition coefficient (Wildman–Crippen LogP) is 2.03. The minimum Gasteiger partial charge on any atom is -0.380 e. The molecule has 0 spiro atoms. The fourth-order valence-electron chi connectivity index (χ4n) is 1.47. The van der Waals surface area contributed by atoms with E-state index in [9.17, 15) is 0 Å². The monoisotopic (exact) mass is 173 g/mol. The zero-order valence-corrected chi connectivity index (χ0v) is 9.00. The molecule has 2 N–H and O–H groups in total. The molecule has 0 amide bonds. The highest BCUT2D eigenvalue weighted by Crippen LogP contribution is 2.17. The van der Waals surface area contributed by atoms with Gasteiger partial charge >= 0.3 is 0 Å². The van der Waals surface area contributed by atoms with E-state index in [0.717, 1.165) is 6.42 Å². The van der Waals surface area contributed by atoms with Gasteiger partial charge in [-0.25, -0.2) is 0 Å². The van der Waals surface area contributed by atoms with E-state index in [2.05, 4.69) is 27.7 Å². The lowest BCUT2D eigenvalue weighted by Gasteiger charge is -2.29. The molecule has 3 atom stereocenters. The van der Waals surface area contributed by atoms with Crippen molar-refractivity contribution in [1.82, 2.24) is 0 Å². The van der Waals surface area contributed by atoms with E-state index in [4.69, 9.17) is 10.5 Å². The van der Waals surface area contributed by atoms with Crippen molar-refractivity contribution >= 4 is 0 Å². The molecule has 0 fully saturated rings. The van der Waals surface area contributed by atoms with E-state index in [1.54, 1.807) is 7.11 Å². The summed E-state index contributed by atoms with van der Waals surface area (Å²) < 4.78 is 5.37. The van der Waals surface area contributed by atoms with Crippen LogP contribution in [-0.4, -0.2) is 19.3 Å². The summed E-state index contributed by atoms with van der Waals surface area (Å²) in [5, 5.41) is 0. The highest BCUT2D eigenvalue weighted by molar-refractivity contribution is 4.79. The van der Waals surface area contributed by atoms with Crippen LogP contribution in [0.25, 0.3) is 0 Å². The number of rotatable bonds is 5. The van der Waals surface area contributed by atoms with Gasteiger partial charge < -0.3 is 10.5 Å². The fourth-order valence-corrected chi connectivity index (χ4v) is 1.47. The Balaban J connectivity index is 4.10. The first kappa shape index (κ1) is 11.9. The van der Waals surface area contributed by atoms with Crippen LogP contribution >= 0.6 is 0 Å². The van der Waals surface area contributed by atoms with Gasteiger partial charge in [0.05, 0.1) is 6.10 Å². The number of hydrogen-bond acceptors (Lipinski definition) is 2. The van der Waals surface area contributed by atoms with Crippen LogP contribution in [0.15, 0.2) is 0 Å². The van der Waals surface area contributed by atoms with Crippen molar-refractivity contribution in [1.29, 1.82) is 0 Å². The van der Waals surface area contributed by atoms with Gasteiger partial charge in [-0.3, -0.25) is 0 Å². The largest absolute Gasteiger partial charge is 0.380 e. The molecule has 0 aromatic carbocycles. The number of hydrogen-bond donors (Lipinski definition) is 1. The summed E-state index contributed by atoms with van der Waals surface area (Å²) in [6.07, 6.45) is 1.31. The van der Waals surface area contributed by atoms with E-state index in [1.165, 1.54) is 0 Å². The third-order valence-corrected chi connectivity index (χ3v) is 2.61.